The van der Waals surface area contributed by atoms with Crippen molar-refractivity contribution in [2.24, 2.45) is 0 Å². The standard InChI is InChI=1S/C29H28N2O6/c1-4-35-22-12-7-19(8-13-22)27(32)25-26(18-5-9-20(10-6-18)30(2)3)31(29(34)28(25)33)21-11-14-23-24(17-21)37-16-15-36-23/h5-14,17,26,32H,4,15-16H2,1-3H3/b27-25+. The van der Waals surface area contributed by atoms with E-state index in [-0.39, 0.29) is 11.3 Å². The van der Waals surface area contributed by atoms with Crippen molar-refractivity contribution >= 4 is 28.8 Å². The lowest BCUT2D eigenvalue weighted by atomic mass is 9.95. The van der Waals surface area contributed by atoms with Gasteiger partial charge >= 0.3 is 0 Å². The molecule has 37 heavy (non-hydrogen) atoms. The van der Waals surface area contributed by atoms with Crippen LogP contribution in [0.25, 0.3) is 5.76 Å². The molecule has 8 heteroatoms. The van der Waals surface area contributed by atoms with Gasteiger partial charge in [-0.15, -0.1) is 0 Å². The van der Waals surface area contributed by atoms with E-state index in [1.54, 1.807) is 42.5 Å². The van der Waals surface area contributed by atoms with Gasteiger partial charge in [0.05, 0.1) is 18.2 Å². The molecular weight excluding hydrogens is 472 g/mol. The molecule has 1 N–H and O–H groups in total. The highest BCUT2D eigenvalue weighted by Gasteiger charge is 2.47. The Morgan fingerprint density at radius 1 is 0.973 bits per heavy atom. The molecule has 1 atom stereocenters. The summed E-state index contributed by atoms with van der Waals surface area (Å²) in [6.07, 6.45) is 0. The van der Waals surface area contributed by atoms with E-state index in [1.165, 1.54) is 4.90 Å². The van der Waals surface area contributed by atoms with Crippen molar-refractivity contribution in [3.05, 3.63) is 83.4 Å². The Labute approximate surface area is 215 Å². The summed E-state index contributed by atoms with van der Waals surface area (Å²) in [5.74, 6) is -0.0183. The van der Waals surface area contributed by atoms with Crippen LogP contribution in [0.5, 0.6) is 17.2 Å². The number of nitrogens with zero attached hydrogens (tertiary/aromatic N) is 2. The number of aliphatic hydroxyl groups is 1. The van der Waals surface area contributed by atoms with E-state index in [4.69, 9.17) is 14.2 Å². The van der Waals surface area contributed by atoms with Crippen LogP contribution in [-0.2, 0) is 9.59 Å². The molecule has 0 aliphatic carbocycles. The zero-order valence-corrected chi connectivity index (χ0v) is 20.9. The molecule has 0 spiro atoms. The molecule has 1 unspecified atom stereocenters. The third kappa shape index (κ3) is 4.46. The topological polar surface area (TPSA) is 88.5 Å². The first-order valence-electron chi connectivity index (χ1n) is 12.1. The number of aliphatic hydroxyl groups excluding tert-OH is 1. The predicted molar refractivity (Wildman–Crippen MR) is 141 cm³/mol. The number of fused-ring (bicyclic) bond motifs is 1. The molecule has 2 aliphatic rings. The van der Waals surface area contributed by atoms with Crippen molar-refractivity contribution in [3.8, 4) is 17.2 Å². The molecule has 0 bridgehead atoms. The first-order valence-corrected chi connectivity index (χ1v) is 12.1. The summed E-state index contributed by atoms with van der Waals surface area (Å²) in [5.41, 5.74) is 2.55. The fourth-order valence-corrected chi connectivity index (χ4v) is 4.58. The lowest BCUT2D eigenvalue weighted by Gasteiger charge is -2.27. The highest BCUT2D eigenvalue weighted by Crippen LogP contribution is 2.44. The van der Waals surface area contributed by atoms with Crippen molar-refractivity contribution in [2.75, 3.05) is 43.7 Å². The van der Waals surface area contributed by atoms with Gasteiger partial charge in [0, 0.05) is 37.1 Å². The number of benzene rings is 3. The van der Waals surface area contributed by atoms with E-state index >= 15 is 0 Å². The summed E-state index contributed by atoms with van der Waals surface area (Å²) >= 11 is 0. The zero-order valence-electron chi connectivity index (χ0n) is 20.9. The summed E-state index contributed by atoms with van der Waals surface area (Å²) in [5, 5.41) is 11.3. The van der Waals surface area contributed by atoms with Crippen LogP contribution in [0.4, 0.5) is 11.4 Å². The monoisotopic (exact) mass is 500 g/mol. The van der Waals surface area contributed by atoms with Gasteiger partial charge in [0.2, 0.25) is 0 Å². The van der Waals surface area contributed by atoms with Gasteiger partial charge in [-0.1, -0.05) is 12.1 Å². The number of ketones is 1. The van der Waals surface area contributed by atoms with E-state index < -0.39 is 17.7 Å². The van der Waals surface area contributed by atoms with E-state index in [2.05, 4.69) is 0 Å². The van der Waals surface area contributed by atoms with Gasteiger partial charge in [-0.2, -0.15) is 0 Å². The molecule has 0 radical (unpaired) electrons. The number of Topliss-reactive ketones (excluding diaryl/α,β-unsaturated/α-hetero) is 1. The second-order valence-corrected chi connectivity index (χ2v) is 8.94. The summed E-state index contributed by atoms with van der Waals surface area (Å²) in [4.78, 5) is 30.2. The Balaban J connectivity index is 1.65. The second kappa shape index (κ2) is 9.89. The van der Waals surface area contributed by atoms with Gasteiger partial charge < -0.3 is 24.2 Å². The summed E-state index contributed by atoms with van der Waals surface area (Å²) < 4.78 is 16.8. The van der Waals surface area contributed by atoms with Crippen molar-refractivity contribution in [3.63, 3.8) is 0 Å². The van der Waals surface area contributed by atoms with Crippen LogP contribution in [0.3, 0.4) is 0 Å². The second-order valence-electron chi connectivity index (χ2n) is 8.94. The molecule has 1 fully saturated rings. The number of anilines is 2. The van der Waals surface area contributed by atoms with Gasteiger partial charge in [-0.05, 0) is 61.0 Å². The molecule has 1 amide bonds. The average molecular weight is 501 g/mol. The van der Waals surface area contributed by atoms with Crippen molar-refractivity contribution in [1.29, 1.82) is 0 Å². The molecule has 8 nitrogen and oxygen atoms in total. The van der Waals surface area contributed by atoms with E-state index in [9.17, 15) is 14.7 Å². The Hall–Kier alpha value is -4.46. The first-order chi connectivity index (χ1) is 17.9. The third-order valence-corrected chi connectivity index (χ3v) is 6.41. The number of rotatable bonds is 6. The fraction of sp³-hybridized carbons (Fsp3) is 0.241. The fourth-order valence-electron chi connectivity index (χ4n) is 4.58. The largest absolute Gasteiger partial charge is 0.507 e. The molecule has 3 aromatic rings. The molecular formula is C29H28N2O6. The summed E-state index contributed by atoms with van der Waals surface area (Å²) in [7, 11) is 3.87. The van der Waals surface area contributed by atoms with Crippen LogP contribution in [0, 0.1) is 0 Å². The maximum Gasteiger partial charge on any atom is 0.300 e. The third-order valence-electron chi connectivity index (χ3n) is 6.41. The summed E-state index contributed by atoms with van der Waals surface area (Å²) in [6, 6.07) is 18.6. The van der Waals surface area contributed by atoms with Crippen LogP contribution < -0.4 is 24.0 Å². The molecule has 0 aromatic heterocycles. The predicted octanol–water partition coefficient (Wildman–Crippen LogP) is 4.55. The lowest BCUT2D eigenvalue weighted by Crippen LogP contribution is -2.29. The highest BCUT2D eigenvalue weighted by molar-refractivity contribution is 6.51. The van der Waals surface area contributed by atoms with Crippen molar-refractivity contribution in [2.45, 2.75) is 13.0 Å². The average Bonchev–Trinajstić information content (AvgIpc) is 3.18. The zero-order chi connectivity index (χ0) is 26.1. The van der Waals surface area contributed by atoms with Crippen LogP contribution in [0.2, 0.25) is 0 Å². The minimum Gasteiger partial charge on any atom is -0.507 e. The van der Waals surface area contributed by atoms with Crippen LogP contribution in [0.15, 0.2) is 72.3 Å². The molecule has 1 saturated heterocycles. The molecule has 190 valence electrons. The van der Waals surface area contributed by atoms with Gasteiger partial charge in [0.25, 0.3) is 11.7 Å². The van der Waals surface area contributed by atoms with Gasteiger partial charge in [0.1, 0.15) is 24.7 Å². The maximum absolute atomic E-state index is 13.4. The molecule has 2 heterocycles. The number of carbonyl (C=O) groups excluding carboxylic acids is 2. The number of hydrogen-bond donors (Lipinski definition) is 1. The SMILES string of the molecule is CCOc1ccc(/C(O)=C2\C(=O)C(=O)N(c3ccc4c(c3)OCCO4)C2c2ccc(N(C)C)cc2)cc1. The number of ether oxygens (including phenoxy) is 3. The van der Waals surface area contributed by atoms with Crippen molar-refractivity contribution < 1.29 is 28.9 Å². The number of amides is 1. The minimum atomic E-state index is -0.842. The normalized spacial score (nSPS) is 18.1. The smallest absolute Gasteiger partial charge is 0.300 e. The Morgan fingerprint density at radius 2 is 1.65 bits per heavy atom. The Kier molecular flexibility index (Phi) is 6.48. The molecule has 0 saturated carbocycles. The minimum absolute atomic E-state index is 0.0154. The van der Waals surface area contributed by atoms with E-state index in [1.807, 2.05) is 50.2 Å². The first kappa shape index (κ1) is 24.2. The lowest BCUT2D eigenvalue weighted by molar-refractivity contribution is -0.132. The molecule has 2 aliphatic heterocycles. The van der Waals surface area contributed by atoms with Gasteiger partial charge in [0.15, 0.2) is 11.5 Å². The van der Waals surface area contributed by atoms with Crippen LogP contribution >= 0.6 is 0 Å². The van der Waals surface area contributed by atoms with Gasteiger partial charge in [-0.25, -0.2) is 0 Å². The van der Waals surface area contributed by atoms with Crippen molar-refractivity contribution in [1.82, 2.24) is 0 Å². The summed E-state index contributed by atoms with van der Waals surface area (Å²) in [6.45, 7) is 3.23. The molecule has 3 aromatic carbocycles. The number of hydrogen-bond acceptors (Lipinski definition) is 7. The quantitative estimate of drug-likeness (QED) is 0.302. The van der Waals surface area contributed by atoms with Crippen LogP contribution in [-0.4, -0.2) is 50.7 Å². The number of carbonyl (C=O) groups is 2. The van der Waals surface area contributed by atoms with Gasteiger partial charge in [-0.3, -0.25) is 14.5 Å². The van der Waals surface area contributed by atoms with E-state index in [0.29, 0.717) is 53.9 Å². The highest BCUT2D eigenvalue weighted by atomic mass is 16.6. The Bertz CT molecular complexity index is 1360. The Morgan fingerprint density at radius 3 is 2.30 bits per heavy atom. The molecule has 5 rings (SSSR count). The maximum atomic E-state index is 13.4. The van der Waals surface area contributed by atoms with Crippen LogP contribution in [0.1, 0.15) is 24.1 Å². The van der Waals surface area contributed by atoms with E-state index in [0.717, 1.165) is 5.69 Å².